The van der Waals surface area contributed by atoms with Crippen molar-refractivity contribution in [2.75, 3.05) is 6.54 Å². The third-order valence-electron chi connectivity index (χ3n) is 2.40. The van der Waals surface area contributed by atoms with Crippen LogP contribution in [0.1, 0.15) is 6.92 Å². The number of amides is 1. The Morgan fingerprint density at radius 1 is 1.57 bits per heavy atom. The Morgan fingerprint density at radius 3 is 2.95 bits per heavy atom. The lowest BCUT2D eigenvalue weighted by molar-refractivity contribution is -0.137. The fourth-order valence-electron chi connectivity index (χ4n) is 1.46. The Balaban J connectivity index is 2.00. The predicted molar refractivity (Wildman–Crippen MR) is 76.0 cm³/mol. The van der Waals surface area contributed by atoms with Crippen molar-refractivity contribution in [3.63, 3.8) is 0 Å². The maximum absolute atomic E-state index is 12.0. The van der Waals surface area contributed by atoms with Crippen LogP contribution in [0.3, 0.4) is 0 Å². The van der Waals surface area contributed by atoms with Crippen molar-refractivity contribution in [1.29, 1.82) is 0 Å². The largest absolute Gasteiger partial charge is 0.405 e. The molecule has 114 valence electrons. The molecule has 0 aliphatic rings. The highest BCUT2D eigenvalue weighted by molar-refractivity contribution is 9.10. The Hall–Kier alpha value is -1.29. The first-order valence-electron chi connectivity index (χ1n) is 5.77. The quantitative estimate of drug-likeness (QED) is 0.797. The van der Waals surface area contributed by atoms with Gasteiger partial charge in [-0.25, -0.2) is 9.97 Å². The summed E-state index contributed by atoms with van der Waals surface area (Å²) in [6, 6.07) is 1.77. The minimum atomic E-state index is -4.42. The van der Waals surface area contributed by atoms with E-state index in [0.29, 0.717) is 16.3 Å². The Morgan fingerprint density at radius 2 is 2.29 bits per heavy atom. The fourth-order valence-corrected chi connectivity index (χ4v) is 2.62. The zero-order valence-corrected chi connectivity index (χ0v) is 13.1. The average molecular weight is 383 g/mol. The van der Waals surface area contributed by atoms with E-state index in [9.17, 15) is 18.0 Å². The molecule has 2 N–H and O–H groups in total. The van der Waals surface area contributed by atoms with Crippen molar-refractivity contribution in [2.24, 2.45) is 0 Å². The number of rotatable bonds is 4. The number of carbonyl (C=O) groups excluding carboxylic acids is 1. The Labute approximate surface area is 130 Å². The first-order valence-corrected chi connectivity index (χ1v) is 7.44. The maximum atomic E-state index is 12.0. The monoisotopic (exact) mass is 382 g/mol. The molecule has 0 unspecified atom stereocenters. The summed E-state index contributed by atoms with van der Waals surface area (Å²) >= 11 is 4.30. The van der Waals surface area contributed by atoms with Gasteiger partial charge in [0.15, 0.2) is 10.8 Å². The number of hydrogen-bond acceptors (Lipinski definition) is 4. The van der Waals surface area contributed by atoms with Crippen LogP contribution < -0.4 is 5.32 Å². The zero-order valence-electron chi connectivity index (χ0n) is 10.7. The van der Waals surface area contributed by atoms with Crippen molar-refractivity contribution in [3.8, 4) is 0 Å². The molecule has 10 heteroatoms. The molecule has 0 fully saturated rings. The summed E-state index contributed by atoms with van der Waals surface area (Å²) in [7, 11) is 0. The van der Waals surface area contributed by atoms with Gasteiger partial charge in [0.2, 0.25) is 5.91 Å². The minimum absolute atomic E-state index is 0.422. The molecule has 0 spiro atoms. The van der Waals surface area contributed by atoms with Crippen molar-refractivity contribution >= 4 is 44.8 Å². The van der Waals surface area contributed by atoms with Crippen molar-refractivity contribution in [3.05, 3.63) is 16.7 Å². The molecule has 5 nitrogen and oxygen atoms in total. The summed E-state index contributed by atoms with van der Waals surface area (Å²) in [5, 5.41) is 1.55. The molecule has 2 aromatic rings. The second-order valence-corrected chi connectivity index (χ2v) is 6.40. The lowest BCUT2D eigenvalue weighted by atomic mass is 10.4. The van der Waals surface area contributed by atoms with Crippen LogP contribution in [0, 0.1) is 0 Å². The van der Waals surface area contributed by atoms with Crippen molar-refractivity contribution in [1.82, 2.24) is 20.3 Å². The lowest BCUT2D eigenvalue weighted by Gasteiger charge is -2.11. The van der Waals surface area contributed by atoms with E-state index in [2.05, 4.69) is 30.9 Å². The molecule has 0 saturated heterocycles. The first kappa shape index (κ1) is 16.1. The molecule has 1 amide bonds. The summed E-state index contributed by atoms with van der Waals surface area (Å²) in [6.07, 6.45) is -2.84. The number of halogens is 4. The highest BCUT2D eigenvalue weighted by Gasteiger charge is 2.29. The van der Waals surface area contributed by atoms with E-state index < -0.39 is 23.9 Å². The van der Waals surface area contributed by atoms with Crippen LogP contribution in [0.2, 0.25) is 0 Å². The van der Waals surface area contributed by atoms with Crippen LogP contribution in [0.25, 0.3) is 11.2 Å². The van der Waals surface area contributed by atoms with Crippen molar-refractivity contribution in [2.45, 2.75) is 23.5 Å². The SMILES string of the molecule is C[C@@H](Sc1nc2ncc(Br)cc2[nH]1)C(=O)NCC(F)(F)F. The standard InChI is InChI=1S/C11H10BrF3N4OS/c1-5(9(20)17-4-11(13,14)15)21-10-18-7-2-6(12)3-16-8(7)19-10/h2-3,5H,4H2,1H3,(H,17,20)(H,16,18,19)/t5-/m1/s1. The van der Waals surface area contributed by atoms with Crippen LogP contribution in [0.5, 0.6) is 0 Å². The second-order valence-electron chi connectivity index (χ2n) is 4.16. The smallest absolute Gasteiger partial charge is 0.346 e. The Bertz CT molecular complexity index is 660. The molecular weight excluding hydrogens is 373 g/mol. The van der Waals surface area contributed by atoms with Gasteiger partial charge in [-0.3, -0.25) is 4.79 Å². The zero-order chi connectivity index (χ0) is 15.6. The molecule has 2 heterocycles. The number of H-pyrrole nitrogens is 1. The molecule has 21 heavy (non-hydrogen) atoms. The predicted octanol–water partition coefficient (Wildman–Crippen LogP) is 2.88. The normalized spacial score (nSPS) is 13.4. The Kier molecular flexibility index (Phi) is 4.77. The number of thioether (sulfide) groups is 1. The lowest BCUT2D eigenvalue weighted by Crippen LogP contribution is -2.38. The number of aromatic nitrogens is 3. The number of pyridine rings is 1. The van der Waals surface area contributed by atoms with Gasteiger partial charge in [-0.05, 0) is 28.9 Å². The number of carbonyl (C=O) groups is 1. The number of fused-ring (bicyclic) bond motifs is 1. The molecule has 0 radical (unpaired) electrons. The van der Waals surface area contributed by atoms with Gasteiger partial charge in [0.1, 0.15) is 6.54 Å². The van der Waals surface area contributed by atoms with Gasteiger partial charge >= 0.3 is 6.18 Å². The highest BCUT2D eigenvalue weighted by atomic mass is 79.9. The van der Waals surface area contributed by atoms with Crippen molar-refractivity contribution < 1.29 is 18.0 Å². The number of aromatic amines is 1. The van der Waals surface area contributed by atoms with Gasteiger partial charge in [-0.15, -0.1) is 0 Å². The molecular formula is C11H10BrF3N4OS. The molecule has 0 saturated carbocycles. The van der Waals surface area contributed by atoms with Gasteiger partial charge in [-0.2, -0.15) is 13.2 Å². The maximum Gasteiger partial charge on any atom is 0.405 e. The fraction of sp³-hybridized carbons (Fsp3) is 0.364. The molecule has 0 aromatic carbocycles. The van der Waals surface area contributed by atoms with E-state index in [0.717, 1.165) is 16.2 Å². The van der Waals surface area contributed by atoms with E-state index in [1.807, 2.05) is 5.32 Å². The summed E-state index contributed by atoms with van der Waals surface area (Å²) in [6.45, 7) is 0.165. The summed E-state index contributed by atoms with van der Waals surface area (Å²) in [5.74, 6) is -0.702. The van der Waals surface area contributed by atoms with E-state index >= 15 is 0 Å². The number of nitrogens with one attached hydrogen (secondary N) is 2. The van der Waals surface area contributed by atoms with Crippen LogP contribution in [-0.4, -0.2) is 38.8 Å². The van der Waals surface area contributed by atoms with Crippen LogP contribution in [-0.2, 0) is 4.79 Å². The van der Waals surface area contributed by atoms with Gasteiger partial charge in [0, 0.05) is 10.7 Å². The first-order chi connectivity index (χ1) is 9.74. The van der Waals surface area contributed by atoms with Gasteiger partial charge in [-0.1, -0.05) is 11.8 Å². The molecule has 2 aromatic heterocycles. The number of imidazole rings is 1. The van der Waals surface area contributed by atoms with Gasteiger partial charge in [0.05, 0.1) is 10.8 Å². The van der Waals surface area contributed by atoms with Gasteiger partial charge < -0.3 is 10.3 Å². The van der Waals surface area contributed by atoms with E-state index in [1.165, 1.54) is 6.92 Å². The van der Waals surface area contributed by atoms with Crippen LogP contribution >= 0.6 is 27.7 Å². The second kappa shape index (κ2) is 6.22. The molecule has 1 atom stereocenters. The molecule has 2 rings (SSSR count). The summed E-state index contributed by atoms with van der Waals surface area (Å²) < 4.78 is 36.9. The molecule has 0 aliphatic heterocycles. The topological polar surface area (TPSA) is 70.7 Å². The molecule has 0 bridgehead atoms. The molecule has 0 aliphatic carbocycles. The van der Waals surface area contributed by atoms with E-state index in [-0.39, 0.29) is 0 Å². The highest BCUT2D eigenvalue weighted by Crippen LogP contribution is 2.24. The summed E-state index contributed by atoms with van der Waals surface area (Å²) in [4.78, 5) is 22.7. The third kappa shape index (κ3) is 4.60. The van der Waals surface area contributed by atoms with Gasteiger partial charge in [0.25, 0.3) is 0 Å². The average Bonchev–Trinajstić information content (AvgIpc) is 2.76. The number of nitrogens with zero attached hydrogens (tertiary/aromatic N) is 2. The number of hydrogen-bond donors (Lipinski definition) is 2. The third-order valence-corrected chi connectivity index (χ3v) is 3.82. The van der Waals surface area contributed by atoms with Crippen LogP contribution in [0.4, 0.5) is 13.2 Å². The summed E-state index contributed by atoms with van der Waals surface area (Å²) in [5.41, 5.74) is 1.15. The van der Waals surface area contributed by atoms with Crippen LogP contribution in [0.15, 0.2) is 21.9 Å². The number of alkyl halides is 3. The van der Waals surface area contributed by atoms with E-state index in [1.54, 1.807) is 12.3 Å². The minimum Gasteiger partial charge on any atom is -0.346 e. The van der Waals surface area contributed by atoms with E-state index in [4.69, 9.17) is 0 Å².